The van der Waals surface area contributed by atoms with Crippen molar-refractivity contribution in [2.24, 2.45) is 5.41 Å². The van der Waals surface area contributed by atoms with Crippen LogP contribution in [0.4, 0.5) is 23.1 Å². The molecule has 3 aromatic rings. The molecule has 2 saturated heterocycles. The van der Waals surface area contributed by atoms with Gasteiger partial charge in [-0.1, -0.05) is 44.5 Å². The summed E-state index contributed by atoms with van der Waals surface area (Å²) in [7, 11) is -3.60. The summed E-state index contributed by atoms with van der Waals surface area (Å²) in [5, 5.41) is 21.8. The molecule has 4 amide bonds. The highest BCUT2D eigenvalue weighted by Crippen LogP contribution is 2.39. The number of aliphatic hydroxyl groups excluding tert-OH is 1. The molecule has 2 aliphatic heterocycles. The monoisotopic (exact) mass is 966 g/mol. The van der Waals surface area contributed by atoms with Crippen molar-refractivity contribution in [3.8, 4) is 5.75 Å². The summed E-state index contributed by atoms with van der Waals surface area (Å²) < 4.78 is 32.5. The molecule has 3 atom stereocenters. The number of rotatable bonds is 20. The zero-order valence-corrected chi connectivity index (χ0v) is 42.2. The van der Waals surface area contributed by atoms with Crippen LogP contribution in [0, 0.1) is 12.3 Å². The number of likely N-dealkylation sites (tertiary alicyclic amines) is 2. The maximum Gasteiger partial charge on any atom is 0.246 e. The third-order valence-electron chi connectivity index (χ3n) is 12.3. The molecule has 5 N–H and O–H groups in total. The van der Waals surface area contributed by atoms with Gasteiger partial charge < -0.3 is 40.9 Å². The first-order valence-electron chi connectivity index (χ1n) is 23.6. The molecular formula is C49H71ClN8O8S. The van der Waals surface area contributed by atoms with Crippen LogP contribution in [0.3, 0.4) is 0 Å². The number of hydrogen-bond donors (Lipinski definition) is 5. The van der Waals surface area contributed by atoms with E-state index >= 15 is 0 Å². The molecule has 18 heteroatoms. The average molecular weight is 968 g/mol. The molecule has 0 aliphatic carbocycles. The van der Waals surface area contributed by atoms with Crippen molar-refractivity contribution in [3.63, 3.8) is 0 Å². The lowest BCUT2D eigenvalue weighted by Gasteiger charge is -2.35. The number of aliphatic hydroxyl groups is 1. The molecule has 2 fully saturated rings. The number of para-hydroxylation sites is 1. The van der Waals surface area contributed by atoms with Crippen LogP contribution in [-0.4, -0.2) is 113 Å². The third kappa shape index (κ3) is 14.5. The van der Waals surface area contributed by atoms with Crippen molar-refractivity contribution in [2.75, 3.05) is 36.8 Å². The van der Waals surface area contributed by atoms with E-state index in [1.165, 1.54) is 6.20 Å². The van der Waals surface area contributed by atoms with Crippen LogP contribution in [0.5, 0.6) is 5.75 Å². The second-order valence-corrected chi connectivity index (χ2v) is 22.4. The summed E-state index contributed by atoms with van der Waals surface area (Å²) in [6.07, 6.45) is 5.14. The van der Waals surface area contributed by atoms with Gasteiger partial charge >= 0.3 is 0 Å². The molecule has 2 aliphatic rings. The molecule has 3 heterocycles. The molecule has 16 nitrogen and oxygen atoms in total. The number of nitrogens with zero attached hydrogens (tertiary/aromatic N) is 4. The number of aromatic nitrogens is 2. The molecule has 0 radical (unpaired) electrons. The zero-order valence-electron chi connectivity index (χ0n) is 40.6. The Morgan fingerprint density at radius 1 is 0.940 bits per heavy atom. The lowest BCUT2D eigenvalue weighted by atomic mass is 9.85. The van der Waals surface area contributed by atoms with Gasteiger partial charge in [-0.05, 0) is 127 Å². The molecule has 0 spiro atoms. The number of β-amino-alcohol motifs (C(OH)–C–C–N with tert-alkyl or cyclic N) is 1. The Morgan fingerprint density at radius 2 is 1.63 bits per heavy atom. The van der Waals surface area contributed by atoms with Gasteiger partial charge in [-0.2, -0.15) is 4.98 Å². The van der Waals surface area contributed by atoms with E-state index in [2.05, 4.69) is 31.2 Å². The summed E-state index contributed by atoms with van der Waals surface area (Å²) in [5.41, 5.74) is 2.66. The number of ether oxygens (including phenoxy) is 1. The van der Waals surface area contributed by atoms with Crippen LogP contribution in [0.15, 0.2) is 47.5 Å². The summed E-state index contributed by atoms with van der Waals surface area (Å²) in [4.78, 5) is 64.6. The molecule has 67 heavy (non-hydrogen) atoms. The maximum absolute atomic E-state index is 13.3. The predicted molar refractivity (Wildman–Crippen MR) is 262 cm³/mol. The lowest BCUT2D eigenvalue weighted by molar-refractivity contribution is -0.140. The molecule has 0 bridgehead atoms. The molecular weight excluding hydrogens is 896 g/mol. The van der Waals surface area contributed by atoms with Crippen molar-refractivity contribution in [3.05, 3.63) is 58.7 Å². The Labute approximate surface area is 401 Å². The summed E-state index contributed by atoms with van der Waals surface area (Å²) in [6, 6.07) is 9.87. The largest absolute Gasteiger partial charge is 0.489 e. The highest BCUT2D eigenvalue weighted by atomic mass is 35.5. The van der Waals surface area contributed by atoms with Crippen LogP contribution in [-0.2, 0) is 29.0 Å². The van der Waals surface area contributed by atoms with E-state index in [4.69, 9.17) is 16.3 Å². The van der Waals surface area contributed by atoms with Gasteiger partial charge in [-0.15, -0.1) is 0 Å². The van der Waals surface area contributed by atoms with E-state index in [0.717, 1.165) is 24.0 Å². The van der Waals surface area contributed by atoms with Crippen molar-refractivity contribution < 1.29 is 37.4 Å². The number of unbranched alkanes of at least 4 members (excludes halogenated alkanes) is 1. The number of hydrogen-bond acceptors (Lipinski definition) is 12. The van der Waals surface area contributed by atoms with Crippen molar-refractivity contribution in [1.29, 1.82) is 0 Å². The topological polar surface area (TPSA) is 212 Å². The maximum atomic E-state index is 13.3. The fourth-order valence-corrected chi connectivity index (χ4v) is 9.85. The SMILES string of the molecule is Cc1cc(Nc2ncc(Cl)c(Nc3ccccc3S(=O)(=O)C(C)C)n2)c(OC(C)C)cc1C1CCN(C(=O)CCCC(=O)NCCCCC(=O)N[C@H](C(=O)N2C[C@H](O)C[C@H]2C)C(C)(C)C)CC1. The van der Waals surface area contributed by atoms with E-state index < -0.39 is 32.6 Å². The summed E-state index contributed by atoms with van der Waals surface area (Å²) in [6.45, 7) is 18.7. The Hall–Kier alpha value is -5.00. The Bertz CT molecular complexity index is 2330. The van der Waals surface area contributed by atoms with Gasteiger partial charge in [-0.25, -0.2) is 13.4 Å². The Morgan fingerprint density at radius 3 is 2.27 bits per heavy atom. The first kappa shape index (κ1) is 53.0. The fraction of sp³-hybridized carbons (Fsp3) is 0.592. The van der Waals surface area contributed by atoms with Crippen LogP contribution < -0.4 is 26.0 Å². The number of benzene rings is 2. The van der Waals surface area contributed by atoms with Gasteiger partial charge in [-0.3, -0.25) is 19.2 Å². The number of sulfone groups is 1. The number of carbonyl (C=O) groups excluding carboxylic acids is 4. The number of nitrogens with one attached hydrogen (secondary N) is 4. The number of carbonyl (C=O) groups is 4. The molecule has 5 rings (SSSR count). The Kier molecular flexibility index (Phi) is 18.4. The first-order valence-corrected chi connectivity index (χ1v) is 25.5. The van der Waals surface area contributed by atoms with Gasteiger partial charge in [0.05, 0.1) is 39.9 Å². The summed E-state index contributed by atoms with van der Waals surface area (Å²) in [5.74, 6) is 0.773. The highest BCUT2D eigenvalue weighted by Gasteiger charge is 2.40. The second-order valence-electron chi connectivity index (χ2n) is 19.5. The van der Waals surface area contributed by atoms with E-state index in [1.807, 2.05) is 65.5 Å². The van der Waals surface area contributed by atoms with E-state index in [1.54, 1.807) is 43.0 Å². The number of anilines is 4. The molecule has 368 valence electrons. The zero-order chi connectivity index (χ0) is 49.2. The van der Waals surface area contributed by atoms with Gasteiger partial charge in [0.15, 0.2) is 15.7 Å². The van der Waals surface area contributed by atoms with Crippen LogP contribution in [0.2, 0.25) is 5.02 Å². The van der Waals surface area contributed by atoms with Crippen LogP contribution in [0.25, 0.3) is 0 Å². The lowest BCUT2D eigenvalue weighted by Crippen LogP contribution is -2.55. The number of halogens is 1. The third-order valence-corrected chi connectivity index (χ3v) is 14.8. The van der Waals surface area contributed by atoms with Crippen molar-refractivity contribution in [2.45, 2.75) is 160 Å². The van der Waals surface area contributed by atoms with Crippen molar-refractivity contribution >= 4 is 68.2 Å². The number of piperidine rings is 1. The predicted octanol–water partition coefficient (Wildman–Crippen LogP) is 7.57. The number of aryl methyl sites for hydroxylation is 1. The van der Waals surface area contributed by atoms with Gasteiger partial charge in [0.2, 0.25) is 29.6 Å². The van der Waals surface area contributed by atoms with Crippen LogP contribution >= 0.6 is 11.6 Å². The minimum Gasteiger partial charge on any atom is -0.489 e. The average Bonchev–Trinajstić information content (AvgIpc) is 3.61. The summed E-state index contributed by atoms with van der Waals surface area (Å²) >= 11 is 6.50. The quantitative estimate of drug-likeness (QED) is 0.0694. The van der Waals surface area contributed by atoms with E-state index in [0.29, 0.717) is 62.4 Å². The van der Waals surface area contributed by atoms with Gasteiger partial charge in [0.25, 0.3) is 0 Å². The molecule has 2 aromatic carbocycles. The smallest absolute Gasteiger partial charge is 0.246 e. The number of amides is 4. The fourth-order valence-electron chi connectivity index (χ4n) is 8.51. The van der Waals surface area contributed by atoms with Gasteiger partial charge in [0.1, 0.15) is 16.8 Å². The highest BCUT2D eigenvalue weighted by molar-refractivity contribution is 7.92. The van der Waals surface area contributed by atoms with Crippen molar-refractivity contribution in [1.82, 2.24) is 30.4 Å². The van der Waals surface area contributed by atoms with E-state index in [-0.39, 0.29) is 89.2 Å². The van der Waals surface area contributed by atoms with Gasteiger partial charge in [0, 0.05) is 51.5 Å². The van der Waals surface area contributed by atoms with Crippen LogP contribution in [0.1, 0.15) is 130 Å². The molecule has 0 saturated carbocycles. The molecule has 1 aromatic heterocycles. The minimum absolute atomic E-state index is 0.0293. The standard InChI is InChI=1S/C49H71ClN8O8S/c1-30(2)66-40-27-36(32(5)25-39(40)54-48-52-28-37(50)46(56-48)53-38-15-10-11-16-41(38)67(64,65)31(3)4)34-20-23-57(24-21-34)44(62)19-14-18-42(60)51-22-13-12-17-43(61)55-45(49(7,8)9)47(63)58-29-35(59)26-33(58)6/h10-11,15-16,25,27-28,30-31,33-35,45,59H,12-14,17-24,26,29H2,1-9H3,(H,51,60)(H,55,61)(H2,52,53,54,56)/t33-,35-,45-/m1/s1. The van der Waals surface area contributed by atoms with E-state index in [9.17, 15) is 32.7 Å². The normalized spacial score (nSPS) is 17.4. The molecule has 0 unspecified atom stereocenters. The Balaban J connectivity index is 1.07. The second kappa shape index (κ2) is 23.3. The first-order chi connectivity index (χ1) is 31.5. The minimum atomic E-state index is -3.60.